The third kappa shape index (κ3) is 1.49. The smallest absolute Gasteiger partial charge is 0.291 e. The first-order valence-electron chi connectivity index (χ1n) is 2.95. The summed E-state index contributed by atoms with van der Waals surface area (Å²) in [5.41, 5.74) is 0.299. The molecule has 5 heteroatoms. The van der Waals surface area contributed by atoms with Crippen LogP contribution in [0.4, 0.5) is 11.4 Å². The summed E-state index contributed by atoms with van der Waals surface area (Å²) in [6, 6.07) is 6.18. The van der Waals surface area contributed by atoms with E-state index in [9.17, 15) is 10.1 Å². The molecule has 0 bridgehead atoms. The molecule has 0 saturated heterocycles. The first-order valence-corrected chi connectivity index (χ1v) is 2.95. The second-order valence-corrected chi connectivity index (χ2v) is 1.92. The van der Waals surface area contributed by atoms with Gasteiger partial charge in [0.1, 0.15) is 5.69 Å². The Morgan fingerprint density at radius 3 is 2.55 bits per heavy atom. The molecule has 0 fully saturated rings. The molecule has 0 heterocycles. The summed E-state index contributed by atoms with van der Waals surface area (Å²) in [5.74, 6) is 0. The van der Waals surface area contributed by atoms with Crippen LogP contribution < -0.4 is 5.23 Å². The second-order valence-electron chi connectivity index (χ2n) is 1.92. The average molecular weight is 148 g/mol. The Labute approximate surface area is 64.8 Å². The number of anilines is 1. The van der Waals surface area contributed by atoms with Gasteiger partial charge in [-0.05, 0) is 6.07 Å². The number of hydrogen-bond acceptors (Lipinski definition) is 3. The van der Waals surface area contributed by atoms with Crippen molar-refractivity contribution < 1.29 is 4.92 Å². The lowest BCUT2D eigenvalue weighted by molar-refractivity contribution is -0.383. The zero-order chi connectivity index (χ0) is 8.27. The number of rotatable bonds is 2. The molecule has 0 aliphatic heterocycles. The minimum Gasteiger partial charge on any atom is -0.432 e. The van der Waals surface area contributed by atoms with Crippen molar-refractivity contribution in [3.63, 3.8) is 0 Å². The van der Waals surface area contributed by atoms with Crippen LogP contribution in [0, 0.1) is 10.1 Å². The zero-order valence-corrected chi connectivity index (χ0v) is 5.65. The number of benzene rings is 1. The van der Waals surface area contributed by atoms with Gasteiger partial charge in [0.15, 0.2) is 0 Å². The molecule has 1 N–H and O–H groups in total. The van der Waals surface area contributed by atoms with Crippen molar-refractivity contribution in [1.82, 2.24) is 0 Å². The van der Waals surface area contributed by atoms with Gasteiger partial charge in [-0.3, -0.25) is 10.1 Å². The maximum Gasteiger partial charge on any atom is 0.291 e. The van der Waals surface area contributed by atoms with Crippen molar-refractivity contribution in [2.24, 2.45) is 0 Å². The molecular weight excluding hydrogens is 143 g/mol. The first kappa shape index (κ1) is 7.59. The highest BCUT2D eigenvalue weighted by molar-refractivity contribution is 6.16. The Morgan fingerprint density at radius 2 is 2.09 bits per heavy atom. The van der Waals surface area contributed by atoms with Crippen molar-refractivity contribution in [3.05, 3.63) is 34.4 Å². The predicted octanol–water partition coefficient (Wildman–Crippen LogP) is 1.09. The number of hydrogen-bond donors (Lipinski definition) is 1. The van der Waals surface area contributed by atoms with Crippen LogP contribution in [-0.2, 0) is 0 Å². The Balaban J connectivity index is 3.12. The number of nitrogens with zero attached hydrogens (tertiary/aromatic N) is 1. The minimum atomic E-state index is -0.491. The molecule has 0 amide bonds. The van der Waals surface area contributed by atoms with Crippen LogP contribution >= 0.6 is 0 Å². The van der Waals surface area contributed by atoms with Crippen LogP contribution in [0.1, 0.15) is 0 Å². The highest BCUT2D eigenvalue weighted by atomic mass is 16.6. The molecule has 0 saturated carbocycles. The van der Waals surface area contributed by atoms with Gasteiger partial charge in [0, 0.05) is 6.07 Å². The van der Waals surface area contributed by atoms with E-state index in [-0.39, 0.29) is 5.69 Å². The fourth-order valence-electron chi connectivity index (χ4n) is 0.755. The van der Waals surface area contributed by atoms with E-state index in [1.165, 1.54) is 12.1 Å². The lowest BCUT2D eigenvalue weighted by Gasteiger charge is -1.99. The van der Waals surface area contributed by atoms with Gasteiger partial charge in [0.25, 0.3) is 5.69 Å². The standard InChI is InChI=1S/C6H5BN2O2/c7-8-5-3-1-2-4-6(5)9(10)11/h1-4,8H. The van der Waals surface area contributed by atoms with Crippen molar-refractivity contribution in [1.29, 1.82) is 0 Å². The molecule has 11 heavy (non-hydrogen) atoms. The highest BCUT2D eigenvalue weighted by Crippen LogP contribution is 2.21. The van der Waals surface area contributed by atoms with Crippen LogP contribution in [0.25, 0.3) is 0 Å². The topological polar surface area (TPSA) is 55.2 Å². The quantitative estimate of drug-likeness (QED) is 0.388. The van der Waals surface area contributed by atoms with E-state index in [2.05, 4.69) is 5.23 Å². The van der Waals surface area contributed by atoms with Crippen LogP contribution in [0.3, 0.4) is 0 Å². The van der Waals surface area contributed by atoms with Crippen molar-refractivity contribution in [3.8, 4) is 0 Å². The zero-order valence-electron chi connectivity index (χ0n) is 5.65. The summed E-state index contributed by atoms with van der Waals surface area (Å²) in [6.45, 7) is 0. The number of para-hydroxylation sites is 2. The Kier molecular flexibility index (Phi) is 2.10. The van der Waals surface area contributed by atoms with Crippen LogP contribution in [0.15, 0.2) is 24.3 Å². The first-order chi connectivity index (χ1) is 5.25. The minimum absolute atomic E-state index is 0.0185. The van der Waals surface area contributed by atoms with E-state index in [4.69, 9.17) is 7.98 Å². The van der Waals surface area contributed by atoms with Crippen LogP contribution in [0.5, 0.6) is 0 Å². The van der Waals surface area contributed by atoms with E-state index < -0.39 is 4.92 Å². The maximum absolute atomic E-state index is 10.3. The summed E-state index contributed by atoms with van der Waals surface area (Å²) in [4.78, 5) is 9.80. The average Bonchev–Trinajstić information content (AvgIpc) is 2.04. The normalized spacial score (nSPS) is 9.09. The van der Waals surface area contributed by atoms with Gasteiger partial charge >= 0.3 is 0 Å². The molecule has 0 aliphatic carbocycles. The third-order valence-corrected chi connectivity index (χ3v) is 1.26. The lowest BCUT2D eigenvalue weighted by Crippen LogP contribution is -1.96. The Hall–Kier alpha value is -1.52. The van der Waals surface area contributed by atoms with Gasteiger partial charge in [-0.25, -0.2) is 0 Å². The molecule has 0 unspecified atom stereocenters. The van der Waals surface area contributed by atoms with E-state index in [0.717, 1.165) is 0 Å². The van der Waals surface area contributed by atoms with Gasteiger partial charge in [-0.2, -0.15) is 0 Å². The van der Waals surface area contributed by atoms with Crippen molar-refractivity contribution in [2.75, 3.05) is 5.23 Å². The fraction of sp³-hybridized carbons (Fsp3) is 0. The monoisotopic (exact) mass is 148 g/mol. The molecule has 0 spiro atoms. The van der Waals surface area contributed by atoms with Gasteiger partial charge in [-0.15, -0.1) is 0 Å². The third-order valence-electron chi connectivity index (χ3n) is 1.26. The molecule has 1 aromatic rings. The summed E-state index contributed by atoms with van der Waals surface area (Å²) >= 11 is 0. The lowest BCUT2D eigenvalue weighted by atomic mass is 10.2. The molecule has 1 aromatic carbocycles. The summed E-state index contributed by atoms with van der Waals surface area (Å²) in [7, 11) is 5.03. The van der Waals surface area contributed by atoms with E-state index in [0.29, 0.717) is 5.69 Å². The summed E-state index contributed by atoms with van der Waals surface area (Å²) in [6.07, 6.45) is 0. The molecule has 0 aliphatic rings. The van der Waals surface area contributed by atoms with Crippen molar-refractivity contribution >= 4 is 19.4 Å². The Bertz CT molecular complexity index is 277. The highest BCUT2D eigenvalue weighted by Gasteiger charge is 2.08. The van der Waals surface area contributed by atoms with Crippen LogP contribution in [-0.4, -0.2) is 12.9 Å². The molecule has 2 radical (unpaired) electrons. The molecule has 1 rings (SSSR count). The fourth-order valence-corrected chi connectivity index (χ4v) is 0.755. The van der Waals surface area contributed by atoms with E-state index >= 15 is 0 Å². The van der Waals surface area contributed by atoms with Gasteiger partial charge in [0.05, 0.1) is 4.92 Å². The van der Waals surface area contributed by atoms with E-state index in [1.54, 1.807) is 12.1 Å². The predicted molar refractivity (Wildman–Crippen MR) is 42.5 cm³/mol. The summed E-state index contributed by atoms with van der Waals surface area (Å²) < 4.78 is 0. The second kappa shape index (κ2) is 3.05. The largest absolute Gasteiger partial charge is 0.432 e. The summed E-state index contributed by atoms with van der Waals surface area (Å²) in [5, 5.41) is 12.5. The van der Waals surface area contributed by atoms with Gasteiger partial charge in [0.2, 0.25) is 7.98 Å². The van der Waals surface area contributed by atoms with Gasteiger partial charge < -0.3 is 5.23 Å². The van der Waals surface area contributed by atoms with E-state index in [1.807, 2.05) is 0 Å². The molecule has 0 atom stereocenters. The molecular formula is C6H5BN2O2. The number of nitro benzene ring substituents is 1. The Morgan fingerprint density at radius 1 is 1.45 bits per heavy atom. The number of nitrogens with one attached hydrogen (secondary N) is 1. The number of nitro groups is 1. The van der Waals surface area contributed by atoms with Crippen LogP contribution in [0.2, 0.25) is 0 Å². The molecule has 54 valence electrons. The maximum atomic E-state index is 10.3. The van der Waals surface area contributed by atoms with Crippen molar-refractivity contribution in [2.45, 2.75) is 0 Å². The van der Waals surface area contributed by atoms with Gasteiger partial charge in [-0.1, -0.05) is 12.1 Å². The molecule has 4 nitrogen and oxygen atoms in total. The SMILES string of the molecule is [B]Nc1ccccc1[N+](=O)[O-]. The molecule has 0 aromatic heterocycles.